The van der Waals surface area contributed by atoms with E-state index in [0.29, 0.717) is 0 Å². The largest absolute Gasteiger partial charge is 1.00 e. The van der Waals surface area contributed by atoms with E-state index < -0.39 is 0 Å². The van der Waals surface area contributed by atoms with Crippen LogP contribution in [-0.4, -0.2) is 51.2 Å². The minimum absolute atomic E-state index is 0. The molecule has 0 radical (unpaired) electrons. The van der Waals surface area contributed by atoms with Gasteiger partial charge in [0.15, 0.2) is 0 Å². The van der Waals surface area contributed by atoms with E-state index in [1.807, 2.05) is 0 Å². The molecule has 4 nitrogen and oxygen atoms in total. The lowest BCUT2D eigenvalue weighted by Crippen LogP contribution is -3.25. The second-order valence-electron chi connectivity index (χ2n) is 2.91. The Morgan fingerprint density at radius 3 is 1.00 bits per heavy atom. The molecular formula is C6H20Br2N2O2. The van der Waals surface area contributed by atoms with Gasteiger partial charge in [-0.25, -0.2) is 0 Å². The molecule has 80 valence electrons. The lowest BCUT2D eigenvalue weighted by molar-refractivity contribution is -0.994. The highest BCUT2D eigenvalue weighted by atomic mass is 79.9. The van der Waals surface area contributed by atoms with Crippen molar-refractivity contribution in [2.24, 2.45) is 0 Å². The first kappa shape index (κ1) is 23.0. The van der Waals surface area contributed by atoms with Gasteiger partial charge in [-0.15, -0.1) is 0 Å². The molecule has 6 heteroatoms. The first-order chi connectivity index (χ1) is 3.79. The molecule has 1 saturated heterocycles. The minimum atomic E-state index is 0. The molecule has 0 aromatic rings. The SMILES string of the molecule is C[NH+]1CC[NH+](C)CC1.O.O.[Br-].[Br-]. The van der Waals surface area contributed by atoms with E-state index in [0.717, 1.165) is 0 Å². The Kier molecular flexibility index (Phi) is 22.6. The van der Waals surface area contributed by atoms with Crippen LogP contribution in [0.25, 0.3) is 0 Å². The maximum absolute atomic E-state index is 2.27. The van der Waals surface area contributed by atoms with E-state index in [4.69, 9.17) is 0 Å². The first-order valence-electron chi connectivity index (χ1n) is 3.41. The normalized spacial score (nSPS) is 26.5. The van der Waals surface area contributed by atoms with Crippen LogP contribution in [0, 0.1) is 0 Å². The molecule has 0 bridgehead atoms. The molecule has 0 atom stereocenters. The summed E-state index contributed by atoms with van der Waals surface area (Å²) in [5.74, 6) is 0. The molecule has 12 heavy (non-hydrogen) atoms. The Balaban J connectivity index is -0.0000000800. The van der Waals surface area contributed by atoms with Crippen LogP contribution in [0.1, 0.15) is 0 Å². The molecule has 1 aliphatic rings. The molecule has 0 unspecified atom stereocenters. The van der Waals surface area contributed by atoms with E-state index in [-0.39, 0.29) is 44.9 Å². The summed E-state index contributed by atoms with van der Waals surface area (Å²) >= 11 is 0. The molecule has 0 spiro atoms. The van der Waals surface area contributed by atoms with Crippen LogP contribution in [0.3, 0.4) is 0 Å². The maximum atomic E-state index is 2.27. The number of nitrogens with one attached hydrogen (secondary N) is 2. The Labute approximate surface area is 95.1 Å². The van der Waals surface area contributed by atoms with Crippen LogP contribution < -0.4 is 43.8 Å². The van der Waals surface area contributed by atoms with Gasteiger partial charge in [0.05, 0.1) is 14.1 Å². The van der Waals surface area contributed by atoms with Gasteiger partial charge in [0.2, 0.25) is 0 Å². The predicted octanol–water partition coefficient (Wildman–Crippen LogP) is -10.6. The average Bonchev–Trinajstić information content (AvgIpc) is 1.77. The Bertz CT molecular complexity index is 69.9. The van der Waals surface area contributed by atoms with Crippen LogP contribution in [-0.2, 0) is 0 Å². The van der Waals surface area contributed by atoms with Crippen molar-refractivity contribution in [3.05, 3.63) is 0 Å². The second-order valence-corrected chi connectivity index (χ2v) is 2.91. The molecule has 6 N–H and O–H groups in total. The van der Waals surface area contributed by atoms with Crippen molar-refractivity contribution in [3.8, 4) is 0 Å². The fraction of sp³-hybridized carbons (Fsp3) is 1.00. The van der Waals surface area contributed by atoms with Crippen LogP contribution in [0.2, 0.25) is 0 Å². The molecule has 1 rings (SSSR count). The third-order valence-corrected chi connectivity index (χ3v) is 1.96. The summed E-state index contributed by atoms with van der Waals surface area (Å²) in [6, 6.07) is 0. The highest BCUT2D eigenvalue weighted by molar-refractivity contribution is 4.30. The van der Waals surface area contributed by atoms with Crippen LogP contribution >= 0.6 is 0 Å². The number of halogens is 2. The van der Waals surface area contributed by atoms with Gasteiger partial charge in [-0.05, 0) is 0 Å². The molecule has 0 aliphatic carbocycles. The van der Waals surface area contributed by atoms with Crippen molar-refractivity contribution >= 4 is 0 Å². The van der Waals surface area contributed by atoms with Gasteiger partial charge in [-0.2, -0.15) is 0 Å². The Morgan fingerprint density at radius 2 is 0.833 bits per heavy atom. The van der Waals surface area contributed by atoms with Crippen molar-refractivity contribution < 1.29 is 54.7 Å². The van der Waals surface area contributed by atoms with Gasteiger partial charge in [0.25, 0.3) is 0 Å². The van der Waals surface area contributed by atoms with E-state index >= 15 is 0 Å². The Morgan fingerprint density at radius 1 is 0.667 bits per heavy atom. The molecule has 1 fully saturated rings. The molecule has 0 aromatic carbocycles. The number of hydrogen-bond acceptors (Lipinski definition) is 0. The van der Waals surface area contributed by atoms with Gasteiger partial charge in [-0.3, -0.25) is 0 Å². The number of rotatable bonds is 0. The monoisotopic (exact) mass is 310 g/mol. The zero-order chi connectivity index (χ0) is 5.98. The number of likely N-dealkylation sites (N-methyl/N-ethyl adjacent to an activating group) is 2. The third-order valence-electron chi connectivity index (χ3n) is 1.96. The van der Waals surface area contributed by atoms with E-state index in [1.165, 1.54) is 26.2 Å². The van der Waals surface area contributed by atoms with Gasteiger partial charge < -0.3 is 54.7 Å². The average molecular weight is 312 g/mol. The summed E-state index contributed by atoms with van der Waals surface area (Å²) in [6.45, 7) is 5.41. The highest BCUT2D eigenvalue weighted by Crippen LogP contribution is 1.50. The minimum Gasteiger partial charge on any atom is -1.00 e. The van der Waals surface area contributed by atoms with Crippen LogP contribution in [0.4, 0.5) is 0 Å². The van der Waals surface area contributed by atoms with Crippen molar-refractivity contribution in [1.82, 2.24) is 0 Å². The summed E-state index contributed by atoms with van der Waals surface area (Å²) in [5.41, 5.74) is 0. The van der Waals surface area contributed by atoms with Gasteiger partial charge in [0, 0.05) is 0 Å². The van der Waals surface area contributed by atoms with Crippen molar-refractivity contribution in [3.63, 3.8) is 0 Å². The fourth-order valence-corrected chi connectivity index (χ4v) is 1.10. The third kappa shape index (κ3) is 8.89. The smallest absolute Gasteiger partial charge is 0.127 e. The van der Waals surface area contributed by atoms with Gasteiger partial charge >= 0.3 is 0 Å². The second kappa shape index (κ2) is 11.8. The lowest BCUT2D eigenvalue weighted by atomic mass is 10.4. The Hall–Kier alpha value is 0.800. The molecule has 1 aliphatic heterocycles. The quantitative estimate of drug-likeness (QED) is 0.446. The number of quaternary nitrogens is 2. The topological polar surface area (TPSA) is 71.9 Å². The first-order valence-corrected chi connectivity index (χ1v) is 3.41. The van der Waals surface area contributed by atoms with Crippen molar-refractivity contribution in [2.45, 2.75) is 0 Å². The summed E-state index contributed by atoms with van der Waals surface area (Å²) in [6.07, 6.45) is 0. The molecule has 0 aromatic heterocycles. The van der Waals surface area contributed by atoms with E-state index in [9.17, 15) is 0 Å². The fourth-order valence-electron chi connectivity index (χ4n) is 1.10. The summed E-state index contributed by atoms with van der Waals surface area (Å²) in [7, 11) is 4.54. The van der Waals surface area contributed by atoms with E-state index in [2.05, 4.69) is 14.1 Å². The molecule has 0 saturated carbocycles. The predicted molar refractivity (Wildman–Crippen MR) is 40.5 cm³/mol. The highest BCUT2D eigenvalue weighted by Gasteiger charge is 2.14. The molecule has 1 heterocycles. The summed E-state index contributed by atoms with van der Waals surface area (Å²) < 4.78 is 0. The maximum Gasteiger partial charge on any atom is 0.127 e. The summed E-state index contributed by atoms with van der Waals surface area (Å²) in [5, 5.41) is 0. The van der Waals surface area contributed by atoms with Crippen LogP contribution in [0.5, 0.6) is 0 Å². The molecular weight excluding hydrogens is 292 g/mol. The zero-order valence-electron chi connectivity index (χ0n) is 7.58. The standard InChI is InChI=1S/C6H14N2.2BrH.2H2O/c1-7-3-5-8(2)6-4-7;;;;/h3-6H2,1-2H3;2*1H;2*1H2. The van der Waals surface area contributed by atoms with Gasteiger partial charge in [0.1, 0.15) is 26.2 Å². The van der Waals surface area contributed by atoms with E-state index in [1.54, 1.807) is 9.80 Å². The van der Waals surface area contributed by atoms with Crippen LogP contribution in [0.15, 0.2) is 0 Å². The van der Waals surface area contributed by atoms with Crippen molar-refractivity contribution in [2.75, 3.05) is 40.3 Å². The zero-order valence-corrected chi connectivity index (χ0v) is 10.8. The summed E-state index contributed by atoms with van der Waals surface area (Å²) in [4.78, 5) is 3.38. The van der Waals surface area contributed by atoms with Crippen molar-refractivity contribution in [1.29, 1.82) is 0 Å². The number of piperazine rings is 1. The number of hydrogen-bond donors (Lipinski definition) is 2. The molecule has 0 amide bonds. The lowest BCUT2D eigenvalue weighted by Gasteiger charge is -2.23. The van der Waals surface area contributed by atoms with Gasteiger partial charge in [-0.1, -0.05) is 0 Å².